The summed E-state index contributed by atoms with van der Waals surface area (Å²) in [7, 11) is 0. The summed E-state index contributed by atoms with van der Waals surface area (Å²) in [6, 6.07) is 10.1. The lowest BCUT2D eigenvalue weighted by atomic mass is 9.95. The number of nitrogens with two attached hydrogens (primary N) is 1. The Bertz CT molecular complexity index is 563. The molecule has 0 spiro atoms. The zero-order valence-electron chi connectivity index (χ0n) is 10.7. The number of amides is 1. The van der Waals surface area contributed by atoms with Crippen molar-refractivity contribution in [3.8, 4) is 0 Å². The molecule has 0 radical (unpaired) electrons. The fraction of sp³-hybridized carbons (Fsp3) is 0.308. The fourth-order valence-electron chi connectivity index (χ4n) is 2.46. The van der Waals surface area contributed by atoms with Crippen LogP contribution in [-0.4, -0.2) is 39.5 Å². The molecule has 2 atom stereocenters. The van der Waals surface area contributed by atoms with Gasteiger partial charge in [-0.2, -0.15) is 0 Å². The average Bonchev–Trinajstić information content (AvgIpc) is 3.08. The fourth-order valence-corrected chi connectivity index (χ4v) is 2.95. The van der Waals surface area contributed by atoms with E-state index in [1.807, 2.05) is 18.2 Å². The average molecular weight is 311 g/mol. The highest BCUT2D eigenvalue weighted by Crippen LogP contribution is 2.27. The molecule has 20 heavy (non-hydrogen) atoms. The van der Waals surface area contributed by atoms with Gasteiger partial charge >= 0.3 is 0 Å². The van der Waals surface area contributed by atoms with Crippen LogP contribution in [0.15, 0.2) is 36.5 Å². The molecule has 106 valence electrons. The van der Waals surface area contributed by atoms with E-state index in [2.05, 4.69) is 21.7 Å². The minimum atomic E-state index is -0.0242. The molecule has 1 aliphatic heterocycles. The molecule has 1 amide bonds. The van der Waals surface area contributed by atoms with Gasteiger partial charge in [0.15, 0.2) is 0 Å². The van der Waals surface area contributed by atoms with Gasteiger partial charge < -0.3 is 10.6 Å². The van der Waals surface area contributed by atoms with E-state index in [0.29, 0.717) is 18.0 Å². The third-order valence-corrected chi connectivity index (χ3v) is 4.10. The Hall–Kier alpha value is -1.50. The molecule has 1 aromatic carbocycles. The summed E-state index contributed by atoms with van der Waals surface area (Å²) in [5, 5.41) is 3.70. The Morgan fingerprint density at radius 2 is 2.05 bits per heavy atom. The molecule has 2 heterocycles. The van der Waals surface area contributed by atoms with Gasteiger partial charge in [0.2, 0.25) is 0 Å². The quantitative estimate of drug-likeness (QED) is 0.913. The zero-order chi connectivity index (χ0) is 13.2. The van der Waals surface area contributed by atoms with Gasteiger partial charge in [-0.1, -0.05) is 34.8 Å². The maximum atomic E-state index is 12.2. The van der Waals surface area contributed by atoms with E-state index in [-0.39, 0.29) is 30.3 Å². The summed E-state index contributed by atoms with van der Waals surface area (Å²) in [6.07, 6.45) is 1.51. The molecule has 1 aliphatic rings. The second kappa shape index (κ2) is 6.30. The van der Waals surface area contributed by atoms with Gasteiger partial charge in [-0.25, -0.2) is 0 Å². The highest BCUT2D eigenvalue weighted by molar-refractivity contribution is 7.07. The molecule has 2 N–H and O–H groups in total. The number of carbonyl (C=O) groups is 1. The second-order valence-corrected chi connectivity index (χ2v) is 5.46. The third-order valence-electron chi connectivity index (χ3n) is 3.45. The monoisotopic (exact) mass is 310 g/mol. The first-order valence-electron chi connectivity index (χ1n) is 6.13. The van der Waals surface area contributed by atoms with E-state index >= 15 is 0 Å². The largest absolute Gasteiger partial charge is 0.336 e. The number of hydrogen-bond acceptors (Lipinski definition) is 5. The molecule has 1 saturated heterocycles. The summed E-state index contributed by atoms with van der Waals surface area (Å²) in [5.41, 5.74) is 7.36. The Morgan fingerprint density at radius 3 is 2.70 bits per heavy atom. The van der Waals surface area contributed by atoms with Crippen molar-refractivity contribution < 1.29 is 4.79 Å². The van der Waals surface area contributed by atoms with E-state index in [1.165, 1.54) is 11.8 Å². The number of nitrogens with zero attached hydrogens (tertiary/aromatic N) is 3. The number of hydrogen-bond donors (Lipinski definition) is 1. The van der Waals surface area contributed by atoms with Crippen LogP contribution in [0.3, 0.4) is 0 Å². The molecule has 5 nitrogen and oxygen atoms in total. The summed E-state index contributed by atoms with van der Waals surface area (Å²) < 4.78 is 3.72. The van der Waals surface area contributed by atoms with Crippen LogP contribution >= 0.6 is 23.9 Å². The van der Waals surface area contributed by atoms with E-state index < -0.39 is 0 Å². The lowest BCUT2D eigenvalue weighted by Crippen LogP contribution is -2.31. The number of benzene rings is 1. The lowest BCUT2D eigenvalue weighted by molar-refractivity contribution is 0.0793. The van der Waals surface area contributed by atoms with Crippen molar-refractivity contribution in [3.05, 3.63) is 47.0 Å². The second-order valence-electron chi connectivity index (χ2n) is 4.67. The van der Waals surface area contributed by atoms with Crippen LogP contribution in [0.4, 0.5) is 0 Å². The molecule has 7 heteroatoms. The van der Waals surface area contributed by atoms with Crippen LogP contribution < -0.4 is 5.73 Å². The van der Waals surface area contributed by atoms with Crippen molar-refractivity contribution in [1.82, 2.24) is 14.5 Å². The van der Waals surface area contributed by atoms with Crippen molar-refractivity contribution in [2.24, 2.45) is 5.73 Å². The number of halogens is 1. The molecule has 0 unspecified atom stereocenters. The summed E-state index contributed by atoms with van der Waals surface area (Å²) in [5.74, 6) is 0.176. The highest BCUT2D eigenvalue weighted by Gasteiger charge is 2.34. The van der Waals surface area contributed by atoms with Gasteiger partial charge in [0.05, 0.1) is 6.20 Å². The van der Waals surface area contributed by atoms with E-state index in [1.54, 1.807) is 4.90 Å². The first-order chi connectivity index (χ1) is 9.25. The van der Waals surface area contributed by atoms with Gasteiger partial charge in [0, 0.05) is 25.0 Å². The normalized spacial score (nSPS) is 21.6. The van der Waals surface area contributed by atoms with E-state index in [4.69, 9.17) is 5.73 Å². The Balaban J connectivity index is 0.00000147. The predicted octanol–water partition coefficient (Wildman–Crippen LogP) is 1.53. The summed E-state index contributed by atoms with van der Waals surface area (Å²) in [6.45, 7) is 1.23. The summed E-state index contributed by atoms with van der Waals surface area (Å²) in [4.78, 5) is 14.6. The zero-order valence-corrected chi connectivity index (χ0v) is 12.3. The minimum Gasteiger partial charge on any atom is -0.336 e. The molecule has 2 aromatic rings. The lowest BCUT2D eigenvalue weighted by Gasteiger charge is -2.15. The standard InChI is InChI=1S/C13H14N4OS.ClH/c14-11-8-17(13(18)12-6-15-16-19-12)7-10(11)9-4-2-1-3-5-9;/h1-6,10-11H,7-8,14H2;1H/t10-,11+;/m0./s1. The topological polar surface area (TPSA) is 72.1 Å². The van der Waals surface area contributed by atoms with Crippen LogP contribution in [0.5, 0.6) is 0 Å². The van der Waals surface area contributed by atoms with Crippen molar-refractivity contribution >= 4 is 29.8 Å². The first kappa shape index (κ1) is 14.9. The molecule has 1 aromatic heterocycles. The summed E-state index contributed by atoms with van der Waals surface area (Å²) >= 11 is 1.12. The Labute approximate surface area is 127 Å². The Kier molecular flexibility index (Phi) is 4.69. The molecule has 0 saturated carbocycles. The first-order valence-corrected chi connectivity index (χ1v) is 6.90. The number of rotatable bonds is 2. The minimum absolute atomic E-state index is 0. The number of likely N-dealkylation sites (tertiary alicyclic amines) is 1. The molecular formula is C13H15ClN4OS. The maximum absolute atomic E-state index is 12.2. The smallest absolute Gasteiger partial charge is 0.267 e. The molecule has 0 aliphatic carbocycles. The molecule has 1 fully saturated rings. The van der Waals surface area contributed by atoms with Gasteiger partial charge in [0.1, 0.15) is 4.88 Å². The molecular weight excluding hydrogens is 296 g/mol. The van der Waals surface area contributed by atoms with Crippen molar-refractivity contribution in [3.63, 3.8) is 0 Å². The SMILES string of the molecule is Cl.N[C@@H]1CN(C(=O)c2cnns2)C[C@H]1c1ccccc1. The van der Waals surface area contributed by atoms with Gasteiger partial charge in [-0.15, -0.1) is 17.5 Å². The maximum Gasteiger partial charge on any atom is 0.267 e. The van der Waals surface area contributed by atoms with Crippen LogP contribution in [0.25, 0.3) is 0 Å². The van der Waals surface area contributed by atoms with Crippen LogP contribution in [0, 0.1) is 0 Å². The van der Waals surface area contributed by atoms with E-state index in [0.717, 1.165) is 11.5 Å². The van der Waals surface area contributed by atoms with E-state index in [9.17, 15) is 4.79 Å². The highest BCUT2D eigenvalue weighted by atomic mass is 35.5. The number of aromatic nitrogens is 2. The molecule has 0 bridgehead atoms. The van der Waals surface area contributed by atoms with Gasteiger partial charge in [-0.05, 0) is 17.1 Å². The number of carbonyl (C=O) groups excluding carboxylic acids is 1. The van der Waals surface area contributed by atoms with Crippen LogP contribution in [0.1, 0.15) is 21.2 Å². The van der Waals surface area contributed by atoms with Gasteiger partial charge in [0.25, 0.3) is 5.91 Å². The van der Waals surface area contributed by atoms with Crippen molar-refractivity contribution in [1.29, 1.82) is 0 Å². The molecule has 3 rings (SSSR count). The van der Waals surface area contributed by atoms with Crippen LogP contribution in [-0.2, 0) is 0 Å². The Morgan fingerprint density at radius 1 is 1.30 bits per heavy atom. The van der Waals surface area contributed by atoms with Crippen molar-refractivity contribution in [2.45, 2.75) is 12.0 Å². The van der Waals surface area contributed by atoms with Crippen molar-refractivity contribution in [2.75, 3.05) is 13.1 Å². The van der Waals surface area contributed by atoms with Gasteiger partial charge in [-0.3, -0.25) is 4.79 Å². The third kappa shape index (κ3) is 2.82. The predicted molar refractivity (Wildman–Crippen MR) is 80.2 cm³/mol. The van der Waals surface area contributed by atoms with Crippen LogP contribution in [0.2, 0.25) is 0 Å².